The number of fused-ring (bicyclic) bond motifs is 2. The average Bonchev–Trinajstić information content (AvgIpc) is 3.22. The van der Waals surface area contributed by atoms with Crippen molar-refractivity contribution in [2.24, 2.45) is 0 Å². The molecule has 5 rings (SSSR count). The van der Waals surface area contributed by atoms with Gasteiger partial charge in [0.15, 0.2) is 22.2 Å². The van der Waals surface area contributed by atoms with Gasteiger partial charge >= 0.3 is 0 Å². The second kappa shape index (κ2) is 8.27. The van der Waals surface area contributed by atoms with Gasteiger partial charge < -0.3 is 19.2 Å². The van der Waals surface area contributed by atoms with Crippen molar-refractivity contribution >= 4 is 40.0 Å². The number of carbonyl (C=O) groups is 1. The van der Waals surface area contributed by atoms with Crippen molar-refractivity contribution < 1.29 is 23.1 Å². The lowest BCUT2D eigenvalue weighted by Gasteiger charge is -2.18. The summed E-state index contributed by atoms with van der Waals surface area (Å²) in [6, 6.07) is 16.1. The first-order chi connectivity index (χ1) is 15.5. The number of thiocarbonyl (C=S) groups is 1. The van der Waals surface area contributed by atoms with E-state index in [1.807, 2.05) is 0 Å². The molecule has 0 aliphatic carbocycles. The Morgan fingerprint density at radius 3 is 2.69 bits per heavy atom. The highest BCUT2D eigenvalue weighted by molar-refractivity contribution is 7.80. The maximum Gasteiger partial charge on any atom is 0.257 e. The second-order valence-corrected chi connectivity index (χ2v) is 7.39. The van der Waals surface area contributed by atoms with Gasteiger partial charge in [0.2, 0.25) is 5.89 Å². The minimum absolute atomic E-state index is 0.123. The fourth-order valence-electron chi connectivity index (χ4n) is 3.27. The summed E-state index contributed by atoms with van der Waals surface area (Å²) in [7, 11) is 0. The summed E-state index contributed by atoms with van der Waals surface area (Å²) in [5.41, 5.74) is 2.66. The van der Waals surface area contributed by atoms with Gasteiger partial charge in [-0.3, -0.25) is 10.1 Å². The zero-order valence-corrected chi connectivity index (χ0v) is 17.4. The lowest BCUT2D eigenvalue weighted by Crippen LogP contribution is -2.34. The van der Waals surface area contributed by atoms with E-state index in [-0.39, 0.29) is 16.8 Å². The molecule has 4 aromatic rings. The molecule has 3 aromatic carbocycles. The first-order valence-corrected chi connectivity index (χ1v) is 10.1. The monoisotopic (exact) mass is 449 g/mol. The number of anilines is 1. The smallest absolute Gasteiger partial charge is 0.257 e. The highest BCUT2D eigenvalue weighted by atomic mass is 32.1. The summed E-state index contributed by atoms with van der Waals surface area (Å²) in [5.74, 6) is 0.688. The van der Waals surface area contributed by atoms with Gasteiger partial charge in [-0.15, -0.1) is 0 Å². The van der Waals surface area contributed by atoms with Gasteiger partial charge in [0.25, 0.3) is 5.91 Å². The number of carbonyl (C=O) groups excluding carboxylic acids is 1. The van der Waals surface area contributed by atoms with Gasteiger partial charge in [-0.05, 0) is 66.8 Å². The van der Waals surface area contributed by atoms with Gasteiger partial charge in [0, 0.05) is 16.8 Å². The van der Waals surface area contributed by atoms with Crippen LogP contribution in [0.15, 0.2) is 65.1 Å². The third-order valence-electron chi connectivity index (χ3n) is 4.75. The molecule has 1 aliphatic rings. The molecule has 0 unspecified atom stereocenters. The summed E-state index contributed by atoms with van der Waals surface area (Å²) in [5, 5.41) is 5.72. The zero-order valence-electron chi connectivity index (χ0n) is 16.6. The molecule has 1 aliphatic heterocycles. The first-order valence-electron chi connectivity index (χ1n) is 9.74. The molecule has 0 radical (unpaired) electrons. The Balaban J connectivity index is 1.28. The van der Waals surface area contributed by atoms with Crippen LogP contribution in [-0.2, 0) is 0 Å². The van der Waals surface area contributed by atoms with E-state index in [0.717, 1.165) is 0 Å². The number of halogens is 1. The number of hydrogen-bond acceptors (Lipinski definition) is 6. The Kier molecular flexibility index (Phi) is 5.16. The van der Waals surface area contributed by atoms with Crippen molar-refractivity contribution in [2.45, 2.75) is 0 Å². The van der Waals surface area contributed by atoms with Gasteiger partial charge in [-0.1, -0.05) is 6.07 Å². The maximum absolute atomic E-state index is 13.5. The second-order valence-electron chi connectivity index (χ2n) is 6.98. The summed E-state index contributed by atoms with van der Waals surface area (Å²) >= 11 is 5.27. The number of aromatic nitrogens is 1. The summed E-state index contributed by atoms with van der Waals surface area (Å²) in [4.78, 5) is 16.9. The Morgan fingerprint density at radius 2 is 1.84 bits per heavy atom. The minimum atomic E-state index is -0.379. The third kappa shape index (κ3) is 4.10. The number of benzene rings is 3. The molecule has 1 aromatic heterocycles. The Hall–Kier alpha value is -3.98. The van der Waals surface area contributed by atoms with Gasteiger partial charge in [0.1, 0.15) is 24.5 Å². The van der Waals surface area contributed by atoms with Gasteiger partial charge in [-0.25, -0.2) is 9.37 Å². The summed E-state index contributed by atoms with van der Waals surface area (Å²) in [6.07, 6.45) is 0. The Labute approximate surface area is 187 Å². The molecule has 7 nitrogen and oxygen atoms in total. The highest BCUT2D eigenvalue weighted by Crippen LogP contribution is 2.31. The van der Waals surface area contributed by atoms with Crippen molar-refractivity contribution in [1.82, 2.24) is 10.3 Å². The molecule has 32 heavy (non-hydrogen) atoms. The van der Waals surface area contributed by atoms with Crippen LogP contribution >= 0.6 is 12.2 Å². The summed E-state index contributed by atoms with van der Waals surface area (Å²) in [6.45, 7) is 0.912. The molecule has 0 fully saturated rings. The minimum Gasteiger partial charge on any atom is -0.486 e. The molecule has 0 bridgehead atoms. The molecule has 9 heteroatoms. The SMILES string of the molecule is O=C(NC(=S)Nc1ccc2oc(-c3cccc(F)c3)nc2c1)c1ccc2c(c1)OCCO2. The molecule has 1 amide bonds. The van der Waals surface area contributed by atoms with Crippen LogP contribution in [0.3, 0.4) is 0 Å². The molecular weight excluding hydrogens is 433 g/mol. The van der Waals surface area contributed by atoms with Crippen LogP contribution in [0.5, 0.6) is 11.5 Å². The molecule has 0 atom stereocenters. The largest absolute Gasteiger partial charge is 0.486 e. The van der Waals surface area contributed by atoms with E-state index >= 15 is 0 Å². The van der Waals surface area contributed by atoms with Crippen LogP contribution in [0.2, 0.25) is 0 Å². The van der Waals surface area contributed by atoms with Crippen LogP contribution in [0.1, 0.15) is 10.4 Å². The molecule has 0 spiro atoms. The fraction of sp³-hybridized carbons (Fsp3) is 0.0870. The fourth-order valence-corrected chi connectivity index (χ4v) is 3.48. The van der Waals surface area contributed by atoms with Crippen LogP contribution < -0.4 is 20.1 Å². The molecular formula is C23H16FN3O4S. The summed E-state index contributed by atoms with van der Waals surface area (Å²) < 4.78 is 30.2. The predicted molar refractivity (Wildman–Crippen MR) is 121 cm³/mol. The number of ether oxygens (including phenoxy) is 2. The standard InChI is InChI=1S/C23H16FN3O4S/c24-15-3-1-2-14(10-15)22-26-17-12-16(5-7-18(17)31-22)25-23(32)27-21(28)13-4-6-19-20(11-13)30-9-8-29-19/h1-7,10-12H,8-9H2,(H2,25,27,28,32). The van der Waals surface area contributed by atoms with Crippen LogP contribution in [0, 0.1) is 5.82 Å². The molecule has 0 saturated carbocycles. The van der Waals surface area contributed by atoms with Gasteiger partial charge in [0.05, 0.1) is 0 Å². The normalized spacial score (nSPS) is 12.4. The van der Waals surface area contributed by atoms with Crippen molar-refractivity contribution in [3.05, 3.63) is 72.0 Å². The number of hydrogen-bond donors (Lipinski definition) is 2. The quantitative estimate of drug-likeness (QED) is 0.445. The van der Waals surface area contributed by atoms with E-state index in [1.54, 1.807) is 48.5 Å². The molecule has 2 N–H and O–H groups in total. The molecule has 160 valence electrons. The Bertz CT molecular complexity index is 1350. The van der Waals surface area contributed by atoms with E-state index < -0.39 is 0 Å². The predicted octanol–water partition coefficient (Wildman–Crippen LogP) is 4.53. The van der Waals surface area contributed by atoms with Gasteiger partial charge in [-0.2, -0.15) is 0 Å². The van der Waals surface area contributed by atoms with Crippen molar-refractivity contribution in [3.63, 3.8) is 0 Å². The lowest BCUT2D eigenvalue weighted by atomic mass is 10.2. The first kappa shape index (κ1) is 20.0. The van der Waals surface area contributed by atoms with E-state index in [4.69, 9.17) is 26.1 Å². The topological polar surface area (TPSA) is 85.6 Å². The van der Waals surface area contributed by atoms with E-state index in [1.165, 1.54) is 12.1 Å². The maximum atomic E-state index is 13.5. The van der Waals surface area contributed by atoms with Crippen LogP contribution in [0.25, 0.3) is 22.6 Å². The number of rotatable bonds is 3. The number of nitrogens with zero attached hydrogens (tertiary/aromatic N) is 1. The third-order valence-corrected chi connectivity index (χ3v) is 4.95. The number of oxazole rings is 1. The van der Waals surface area contributed by atoms with Crippen LogP contribution in [0.4, 0.5) is 10.1 Å². The van der Waals surface area contributed by atoms with Crippen molar-refractivity contribution in [2.75, 3.05) is 18.5 Å². The van der Waals surface area contributed by atoms with E-state index in [0.29, 0.717) is 58.5 Å². The molecule has 0 saturated heterocycles. The van der Waals surface area contributed by atoms with Crippen molar-refractivity contribution in [1.29, 1.82) is 0 Å². The lowest BCUT2D eigenvalue weighted by molar-refractivity contribution is 0.0976. The number of nitrogens with one attached hydrogen (secondary N) is 2. The molecule has 2 heterocycles. The average molecular weight is 449 g/mol. The number of amides is 1. The van der Waals surface area contributed by atoms with Crippen LogP contribution in [-0.4, -0.2) is 29.2 Å². The van der Waals surface area contributed by atoms with E-state index in [2.05, 4.69) is 15.6 Å². The zero-order chi connectivity index (χ0) is 22.1. The van der Waals surface area contributed by atoms with E-state index in [9.17, 15) is 9.18 Å². The Morgan fingerprint density at radius 1 is 1.00 bits per heavy atom. The highest BCUT2D eigenvalue weighted by Gasteiger charge is 2.16. The van der Waals surface area contributed by atoms with Crippen molar-refractivity contribution in [3.8, 4) is 23.0 Å².